The summed E-state index contributed by atoms with van der Waals surface area (Å²) in [5.74, 6) is -6.33. The summed E-state index contributed by atoms with van der Waals surface area (Å²) in [4.78, 5) is 31.5. The summed E-state index contributed by atoms with van der Waals surface area (Å²) in [6.45, 7) is -1.00. The van der Waals surface area contributed by atoms with Gasteiger partial charge in [-0.2, -0.15) is 18.2 Å². The molecule has 0 aliphatic heterocycles. The van der Waals surface area contributed by atoms with Crippen LogP contribution in [0.2, 0.25) is 5.02 Å². The number of hydrogen-bond donors (Lipinski definition) is 4. The highest BCUT2D eigenvalue weighted by molar-refractivity contribution is 6.31. The first-order valence-electron chi connectivity index (χ1n) is 8.96. The van der Waals surface area contributed by atoms with Gasteiger partial charge in [-0.15, -0.1) is 0 Å². The van der Waals surface area contributed by atoms with Crippen LogP contribution < -0.4 is 32.1 Å². The fourth-order valence-electron chi connectivity index (χ4n) is 2.48. The van der Waals surface area contributed by atoms with E-state index in [1.165, 1.54) is 24.5 Å². The molecule has 0 aliphatic rings. The zero-order valence-corrected chi connectivity index (χ0v) is 16.9. The lowest BCUT2D eigenvalue weighted by Crippen LogP contribution is -2.33. The van der Waals surface area contributed by atoms with Crippen molar-refractivity contribution in [2.45, 2.75) is 18.8 Å². The van der Waals surface area contributed by atoms with Gasteiger partial charge in [-0.05, 0) is 6.07 Å². The van der Waals surface area contributed by atoms with Gasteiger partial charge >= 0.3 is 11.7 Å². The second-order valence-electron chi connectivity index (χ2n) is 6.35. The number of amides is 2. The molecule has 0 bridgehead atoms. The van der Waals surface area contributed by atoms with Crippen LogP contribution in [0, 0.1) is 5.82 Å². The molecule has 2 aromatic heterocycles. The van der Waals surface area contributed by atoms with Crippen LogP contribution in [0.15, 0.2) is 35.6 Å². The third-order valence-electron chi connectivity index (χ3n) is 3.96. The Morgan fingerprint density at radius 3 is 2.61 bits per heavy atom. The Bertz CT molecular complexity index is 970. The molecular weight excluding hydrogens is 439 g/mol. The molecule has 2 heterocycles. The van der Waals surface area contributed by atoms with Gasteiger partial charge in [0.2, 0.25) is 11.7 Å². The van der Waals surface area contributed by atoms with Gasteiger partial charge < -0.3 is 16.8 Å². The Balaban J connectivity index is 2.01. The van der Waals surface area contributed by atoms with E-state index in [4.69, 9.17) is 23.1 Å². The van der Waals surface area contributed by atoms with Gasteiger partial charge in [0.15, 0.2) is 18.7 Å². The Hall–Kier alpha value is -3.41. The second-order valence-corrected chi connectivity index (χ2v) is 6.75. The molecule has 0 saturated heterocycles. The van der Waals surface area contributed by atoms with Crippen LogP contribution in [0.3, 0.4) is 0 Å². The van der Waals surface area contributed by atoms with Gasteiger partial charge in [-0.1, -0.05) is 11.6 Å². The van der Waals surface area contributed by atoms with E-state index in [-0.39, 0.29) is 35.1 Å². The largest absolute Gasteiger partial charge is 0.370 e. The number of rotatable bonds is 9. The zero-order valence-electron chi connectivity index (χ0n) is 16.1. The highest BCUT2D eigenvalue weighted by atomic mass is 35.5. The van der Waals surface area contributed by atoms with E-state index in [2.05, 4.69) is 25.6 Å². The van der Waals surface area contributed by atoms with E-state index in [0.29, 0.717) is 0 Å². The predicted octanol–water partition coefficient (Wildman–Crippen LogP) is 0.160. The molecule has 2 aromatic rings. The molecule has 13 heteroatoms. The molecule has 0 radical (unpaired) electrons. The molecule has 0 aliphatic carbocycles. The number of nitrogens with two attached hydrogens (primary N) is 2. The van der Waals surface area contributed by atoms with E-state index in [0.717, 1.165) is 0 Å². The number of carbonyl (C=O) groups excluding carboxylic acids is 2. The van der Waals surface area contributed by atoms with Crippen molar-refractivity contribution in [1.29, 1.82) is 0 Å². The van der Waals surface area contributed by atoms with Crippen molar-refractivity contribution in [3.05, 3.63) is 52.7 Å². The number of aliphatic imine (C=N–C) groups is 1. The van der Waals surface area contributed by atoms with Crippen molar-refractivity contribution in [2.24, 2.45) is 16.5 Å². The SMILES string of the molecule is NC(N)=NC(=O)CCNC(=O)Cc1c(Cl)c[nH+]c(NCC(F)(F)c2cccc[nH+]2)c1F. The molecule has 9 nitrogen and oxygen atoms in total. The van der Waals surface area contributed by atoms with Crippen LogP contribution in [0.1, 0.15) is 17.7 Å². The summed E-state index contributed by atoms with van der Waals surface area (Å²) >= 11 is 5.94. The molecule has 0 unspecified atom stereocenters. The van der Waals surface area contributed by atoms with Gasteiger partial charge in [-0.25, -0.2) is 9.97 Å². The number of nitrogens with zero attached hydrogens (tertiary/aromatic N) is 1. The van der Waals surface area contributed by atoms with Crippen LogP contribution >= 0.6 is 11.6 Å². The van der Waals surface area contributed by atoms with Crippen molar-refractivity contribution >= 4 is 35.2 Å². The fourth-order valence-corrected chi connectivity index (χ4v) is 2.68. The molecule has 0 aromatic carbocycles. The number of nitrogens with one attached hydrogen (secondary N) is 4. The number of aromatic nitrogens is 2. The zero-order chi connectivity index (χ0) is 23.0. The number of carbonyl (C=O) groups is 2. The molecule has 8 N–H and O–H groups in total. The minimum atomic E-state index is -3.32. The molecule has 166 valence electrons. The lowest BCUT2D eigenvalue weighted by Gasteiger charge is -2.11. The monoisotopic (exact) mass is 459 g/mol. The summed E-state index contributed by atoms with van der Waals surface area (Å²) < 4.78 is 43.3. The summed E-state index contributed by atoms with van der Waals surface area (Å²) in [6, 6.07) is 4.20. The average Bonchev–Trinajstić information content (AvgIpc) is 2.70. The van der Waals surface area contributed by atoms with E-state index in [1.807, 2.05) is 0 Å². The maximum atomic E-state index is 14.8. The van der Waals surface area contributed by atoms with Crippen LogP contribution in [0.4, 0.5) is 19.0 Å². The Morgan fingerprint density at radius 1 is 1.23 bits per heavy atom. The van der Waals surface area contributed by atoms with Crippen molar-refractivity contribution in [1.82, 2.24) is 5.32 Å². The first-order chi connectivity index (χ1) is 14.6. The normalized spacial score (nSPS) is 11.0. The van der Waals surface area contributed by atoms with E-state index in [1.54, 1.807) is 6.07 Å². The molecule has 0 atom stereocenters. The Labute approximate surface area is 180 Å². The maximum absolute atomic E-state index is 14.8. The summed E-state index contributed by atoms with van der Waals surface area (Å²) in [7, 11) is 0. The lowest BCUT2D eigenvalue weighted by molar-refractivity contribution is -0.412. The lowest BCUT2D eigenvalue weighted by atomic mass is 10.1. The van der Waals surface area contributed by atoms with Crippen molar-refractivity contribution in [2.75, 3.05) is 18.4 Å². The quantitative estimate of drug-likeness (QED) is 0.311. The van der Waals surface area contributed by atoms with E-state index >= 15 is 0 Å². The number of H-pyrrole nitrogens is 2. The smallest absolute Gasteiger partial charge is 0.365 e. The van der Waals surface area contributed by atoms with Gasteiger partial charge in [0.25, 0.3) is 11.6 Å². The summed E-state index contributed by atoms with van der Waals surface area (Å²) in [5.41, 5.74) is 9.57. The predicted molar refractivity (Wildman–Crippen MR) is 105 cm³/mol. The summed E-state index contributed by atoms with van der Waals surface area (Å²) in [5, 5.41) is 4.59. The van der Waals surface area contributed by atoms with Gasteiger partial charge in [0.1, 0.15) is 6.20 Å². The molecule has 0 fully saturated rings. The van der Waals surface area contributed by atoms with Crippen LogP contribution in [-0.4, -0.2) is 30.9 Å². The number of guanidine groups is 1. The molecular formula is C18H21ClF3N7O2+2. The number of aromatic amines is 2. The third-order valence-corrected chi connectivity index (χ3v) is 4.30. The maximum Gasteiger partial charge on any atom is 0.365 e. The van der Waals surface area contributed by atoms with Crippen molar-refractivity contribution in [3.8, 4) is 0 Å². The third kappa shape index (κ3) is 7.10. The summed E-state index contributed by atoms with van der Waals surface area (Å²) in [6.07, 6.45) is 1.87. The second kappa shape index (κ2) is 10.6. The molecule has 0 spiro atoms. The first kappa shape index (κ1) is 23.9. The molecule has 2 amide bonds. The highest BCUT2D eigenvalue weighted by Crippen LogP contribution is 2.26. The van der Waals surface area contributed by atoms with Crippen LogP contribution in [-0.2, 0) is 21.9 Å². The van der Waals surface area contributed by atoms with Crippen molar-refractivity contribution < 1.29 is 32.7 Å². The van der Waals surface area contributed by atoms with Gasteiger partial charge in [0, 0.05) is 30.7 Å². The Morgan fingerprint density at radius 2 is 1.97 bits per heavy atom. The number of pyridine rings is 2. The Kier molecular flexibility index (Phi) is 8.14. The first-order valence-corrected chi connectivity index (χ1v) is 9.34. The topological polar surface area (TPSA) is 151 Å². The van der Waals surface area contributed by atoms with Gasteiger partial charge in [0.05, 0.1) is 11.4 Å². The average molecular weight is 460 g/mol. The molecule has 0 saturated carbocycles. The van der Waals surface area contributed by atoms with Crippen LogP contribution in [0.5, 0.6) is 0 Å². The minimum Gasteiger partial charge on any atom is -0.370 e. The minimum absolute atomic E-state index is 0.0858. The van der Waals surface area contributed by atoms with Gasteiger partial charge in [-0.3, -0.25) is 14.9 Å². The standard InChI is InChI=1S/C18H19ClF3N7O2/c19-11-8-27-16(28-9-18(21,22)12-3-1-2-5-25-12)15(20)10(11)7-14(31)26-6-4-13(30)29-17(23)24/h1-3,5,8H,4,6-7,9H2,(H,26,31)(H,27,28)(H4,23,24,29,30)/p+2. The number of alkyl halides is 2. The van der Waals surface area contributed by atoms with Crippen molar-refractivity contribution in [3.63, 3.8) is 0 Å². The number of hydrogen-bond acceptors (Lipinski definition) is 3. The van der Waals surface area contributed by atoms with E-state index in [9.17, 15) is 22.8 Å². The van der Waals surface area contributed by atoms with Crippen LogP contribution in [0.25, 0.3) is 0 Å². The molecule has 2 rings (SSSR count). The fraction of sp³-hybridized carbons (Fsp3) is 0.278. The number of anilines is 1. The number of halogens is 4. The molecule has 31 heavy (non-hydrogen) atoms. The van der Waals surface area contributed by atoms with E-state index < -0.39 is 42.5 Å². The highest BCUT2D eigenvalue weighted by Gasteiger charge is 2.40.